The number of carbonyl (C=O) groups is 2. The average Bonchev–Trinajstić information content (AvgIpc) is 2.51. The summed E-state index contributed by atoms with van der Waals surface area (Å²) < 4.78 is 0. The number of carboxylic acid groups (broad SMARTS) is 2. The van der Waals surface area contributed by atoms with Crippen molar-refractivity contribution in [3.8, 4) is 0 Å². The Morgan fingerprint density at radius 3 is 1.32 bits per heavy atom. The van der Waals surface area contributed by atoms with Crippen molar-refractivity contribution in [1.82, 2.24) is 19.6 Å². The monoisotopic (exact) mass is 397 g/mol. The van der Waals surface area contributed by atoms with Crippen molar-refractivity contribution in [2.24, 2.45) is 0 Å². The number of nitrogens with zero attached hydrogens (tertiary/aromatic N) is 4. The minimum absolute atomic E-state index is 0. The van der Waals surface area contributed by atoms with Gasteiger partial charge in [-0.1, -0.05) is 0 Å². The third kappa shape index (κ3) is 8.98. The molecule has 0 saturated carbocycles. The molecule has 2 fully saturated rings. The summed E-state index contributed by atoms with van der Waals surface area (Å²) in [5.41, 5.74) is 0. The second-order valence-corrected chi connectivity index (χ2v) is 6.73. The van der Waals surface area contributed by atoms with E-state index in [1.165, 1.54) is 0 Å². The van der Waals surface area contributed by atoms with Gasteiger partial charge in [0, 0.05) is 69.4 Å². The second kappa shape index (κ2) is 11.8. The molecule has 0 aromatic rings. The standard InChI is InChI=1S/C16H30N4O4.Mn/c21-15(22)13-19-5-1-3-17-7-8-18(10-11-19)4-2-6-20(12-9-17)14-16(23)24;/h1-14H2,(H,21,22)(H,23,24);. The number of fused-ring (bicyclic) bond motifs is 3. The van der Waals surface area contributed by atoms with E-state index in [0.717, 1.165) is 78.3 Å². The molecule has 0 spiro atoms. The predicted octanol–water partition coefficient (Wildman–Crippen LogP) is -0.831. The number of carboxylic acids is 2. The quantitative estimate of drug-likeness (QED) is 0.595. The van der Waals surface area contributed by atoms with E-state index >= 15 is 0 Å². The molecule has 0 aromatic carbocycles. The molecule has 145 valence electrons. The van der Waals surface area contributed by atoms with Crippen LogP contribution in [0.25, 0.3) is 0 Å². The van der Waals surface area contributed by atoms with E-state index in [9.17, 15) is 9.59 Å². The smallest absolute Gasteiger partial charge is 0.317 e. The van der Waals surface area contributed by atoms with E-state index in [1.54, 1.807) is 0 Å². The molecule has 2 rings (SSSR count). The first-order valence-corrected chi connectivity index (χ1v) is 8.86. The second-order valence-electron chi connectivity index (χ2n) is 6.73. The maximum Gasteiger partial charge on any atom is 0.317 e. The van der Waals surface area contributed by atoms with Gasteiger partial charge in [0.2, 0.25) is 0 Å². The zero-order chi connectivity index (χ0) is 17.4. The Bertz CT molecular complexity index is 389. The molecule has 2 aliphatic rings. The van der Waals surface area contributed by atoms with Gasteiger partial charge in [0.05, 0.1) is 13.1 Å². The van der Waals surface area contributed by atoms with Gasteiger partial charge in [-0.05, 0) is 25.9 Å². The van der Waals surface area contributed by atoms with E-state index in [-0.39, 0.29) is 30.2 Å². The first kappa shape index (κ1) is 22.3. The molecular formula is C16H30MnN4O4. The van der Waals surface area contributed by atoms with Gasteiger partial charge in [-0.25, -0.2) is 0 Å². The summed E-state index contributed by atoms with van der Waals surface area (Å²) in [7, 11) is 0. The van der Waals surface area contributed by atoms with Crippen molar-refractivity contribution in [2.45, 2.75) is 12.8 Å². The van der Waals surface area contributed by atoms with Crippen LogP contribution in [0.15, 0.2) is 0 Å². The van der Waals surface area contributed by atoms with Gasteiger partial charge in [0.25, 0.3) is 0 Å². The molecular weight excluding hydrogens is 367 g/mol. The van der Waals surface area contributed by atoms with Crippen molar-refractivity contribution in [3.05, 3.63) is 0 Å². The van der Waals surface area contributed by atoms with Crippen molar-refractivity contribution >= 4 is 11.9 Å². The first-order chi connectivity index (χ1) is 11.5. The van der Waals surface area contributed by atoms with Crippen LogP contribution in [0, 0.1) is 0 Å². The fourth-order valence-corrected chi connectivity index (χ4v) is 3.48. The third-order valence-corrected chi connectivity index (χ3v) is 4.81. The van der Waals surface area contributed by atoms with Crippen molar-refractivity contribution in [1.29, 1.82) is 0 Å². The van der Waals surface area contributed by atoms with Crippen molar-refractivity contribution < 1.29 is 36.9 Å². The molecule has 0 aromatic heterocycles. The SMILES string of the molecule is O=C(O)CN1CCCN2CCN(CCCN(CC(=O)O)CC2)CC1.[Mn]. The van der Waals surface area contributed by atoms with Gasteiger partial charge in [0.15, 0.2) is 0 Å². The van der Waals surface area contributed by atoms with Crippen LogP contribution >= 0.6 is 0 Å². The molecule has 8 nitrogen and oxygen atoms in total. The number of hydrogen-bond donors (Lipinski definition) is 2. The molecule has 25 heavy (non-hydrogen) atoms. The largest absolute Gasteiger partial charge is 0.480 e. The molecule has 1 radical (unpaired) electrons. The molecule has 2 N–H and O–H groups in total. The molecule has 2 bridgehead atoms. The molecule has 0 amide bonds. The van der Waals surface area contributed by atoms with Crippen LogP contribution in [0.5, 0.6) is 0 Å². The summed E-state index contributed by atoms with van der Waals surface area (Å²) in [5, 5.41) is 18.1. The Balaban J connectivity index is 0.00000312. The molecule has 2 saturated heterocycles. The fraction of sp³-hybridized carbons (Fsp3) is 0.875. The summed E-state index contributed by atoms with van der Waals surface area (Å²) >= 11 is 0. The van der Waals surface area contributed by atoms with E-state index in [0.29, 0.717) is 0 Å². The van der Waals surface area contributed by atoms with Crippen LogP contribution in [0.4, 0.5) is 0 Å². The Hall–Kier alpha value is -0.701. The van der Waals surface area contributed by atoms with E-state index < -0.39 is 11.9 Å². The van der Waals surface area contributed by atoms with Crippen LogP contribution < -0.4 is 0 Å². The summed E-state index contributed by atoms with van der Waals surface area (Å²) in [5.74, 6) is -1.53. The summed E-state index contributed by atoms with van der Waals surface area (Å²) in [6.07, 6.45) is 1.90. The Kier molecular flexibility index (Phi) is 10.6. The van der Waals surface area contributed by atoms with Crippen LogP contribution in [-0.2, 0) is 26.7 Å². The average molecular weight is 397 g/mol. The third-order valence-electron chi connectivity index (χ3n) is 4.81. The molecule has 2 aliphatic heterocycles. The normalized spacial score (nSPS) is 27.2. The molecule has 2 heterocycles. The molecule has 2 unspecified atom stereocenters. The van der Waals surface area contributed by atoms with Crippen LogP contribution in [0.1, 0.15) is 12.8 Å². The zero-order valence-corrected chi connectivity index (χ0v) is 16.0. The van der Waals surface area contributed by atoms with Gasteiger partial charge in [0.1, 0.15) is 0 Å². The topological polar surface area (TPSA) is 87.6 Å². The Morgan fingerprint density at radius 1 is 0.600 bits per heavy atom. The molecule has 0 aliphatic carbocycles. The maximum absolute atomic E-state index is 11.0. The van der Waals surface area contributed by atoms with Crippen LogP contribution in [0.2, 0.25) is 0 Å². The van der Waals surface area contributed by atoms with E-state index in [4.69, 9.17) is 10.2 Å². The number of rotatable bonds is 4. The van der Waals surface area contributed by atoms with Gasteiger partial charge >= 0.3 is 11.9 Å². The van der Waals surface area contributed by atoms with E-state index in [1.807, 2.05) is 9.80 Å². The molecule has 2 atom stereocenters. The van der Waals surface area contributed by atoms with Gasteiger partial charge in [-0.2, -0.15) is 0 Å². The number of hydrogen-bond acceptors (Lipinski definition) is 6. The minimum Gasteiger partial charge on any atom is -0.480 e. The Morgan fingerprint density at radius 2 is 0.960 bits per heavy atom. The van der Waals surface area contributed by atoms with Gasteiger partial charge in [-0.15, -0.1) is 0 Å². The Labute approximate surface area is 160 Å². The summed E-state index contributed by atoms with van der Waals surface area (Å²) in [4.78, 5) is 30.8. The summed E-state index contributed by atoms with van der Waals surface area (Å²) in [6, 6.07) is 0. The van der Waals surface area contributed by atoms with E-state index in [2.05, 4.69) is 9.80 Å². The molecule has 9 heteroatoms. The fourth-order valence-electron chi connectivity index (χ4n) is 3.48. The zero-order valence-electron chi connectivity index (χ0n) is 14.8. The minimum atomic E-state index is -0.763. The van der Waals surface area contributed by atoms with Gasteiger partial charge < -0.3 is 20.0 Å². The van der Waals surface area contributed by atoms with Crippen LogP contribution in [-0.4, -0.2) is 120 Å². The maximum atomic E-state index is 11.0. The summed E-state index contributed by atoms with van der Waals surface area (Å²) in [6.45, 7) is 9.01. The first-order valence-electron chi connectivity index (χ1n) is 8.86. The van der Waals surface area contributed by atoms with Gasteiger partial charge in [-0.3, -0.25) is 19.4 Å². The predicted molar refractivity (Wildman–Crippen MR) is 90.3 cm³/mol. The van der Waals surface area contributed by atoms with Crippen molar-refractivity contribution in [2.75, 3.05) is 78.5 Å². The van der Waals surface area contributed by atoms with Crippen molar-refractivity contribution in [3.63, 3.8) is 0 Å². The number of aliphatic carboxylic acids is 2. The van der Waals surface area contributed by atoms with Crippen LogP contribution in [0.3, 0.4) is 0 Å².